The van der Waals surface area contributed by atoms with Gasteiger partial charge in [0.15, 0.2) is 6.10 Å². The van der Waals surface area contributed by atoms with E-state index in [4.69, 9.17) is 4.74 Å². The predicted octanol–water partition coefficient (Wildman–Crippen LogP) is 0.936. The molecular weight excluding hydrogens is 230 g/mol. The first-order valence-electron chi connectivity index (χ1n) is 6.35. The summed E-state index contributed by atoms with van der Waals surface area (Å²) in [5.74, 6) is -0.208. The van der Waals surface area contributed by atoms with Crippen LogP contribution >= 0.6 is 0 Å². The zero-order valence-electron chi connectivity index (χ0n) is 10.3. The summed E-state index contributed by atoms with van der Waals surface area (Å²) in [5.41, 5.74) is 1.08. The van der Waals surface area contributed by atoms with Gasteiger partial charge in [0.25, 0.3) is 5.91 Å². The number of nitrogens with zero attached hydrogens (tertiary/aromatic N) is 1. The van der Waals surface area contributed by atoms with Crippen LogP contribution in [0.1, 0.15) is 18.9 Å². The highest BCUT2D eigenvalue weighted by molar-refractivity contribution is 5.84. The Labute approximate surface area is 106 Å². The minimum absolute atomic E-state index is 0.0164. The number of carbonyl (C=O) groups excluding carboxylic acids is 1. The van der Waals surface area contributed by atoms with Crippen LogP contribution in [0.3, 0.4) is 0 Å². The zero-order valence-corrected chi connectivity index (χ0v) is 10.3. The molecule has 0 spiro atoms. The summed E-state index contributed by atoms with van der Waals surface area (Å²) in [4.78, 5) is 13.8. The zero-order chi connectivity index (χ0) is 12.7. The summed E-state index contributed by atoms with van der Waals surface area (Å²) in [7, 11) is 0. The van der Waals surface area contributed by atoms with E-state index in [-0.39, 0.29) is 24.2 Å². The number of likely N-dealkylation sites (tertiary alicyclic amines) is 1. The van der Waals surface area contributed by atoms with Crippen molar-refractivity contribution in [1.82, 2.24) is 4.90 Å². The van der Waals surface area contributed by atoms with E-state index in [0.717, 1.165) is 12.0 Å². The van der Waals surface area contributed by atoms with Gasteiger partial charge in [-0.3, -0.25) is 4.79 Å². The third-order valence-electron chi connectivity index (χ3n) is 3.79. The third kappa shape index (κ3) is 1.82. The van der Waals surface area contributed by atoms with Crippen LogP contribution < -0.4 is 0 Å². The SMILES string of the molecule is CC1CC2C(O1)C(O)C(=O)N2Cc1ccccc1. The molecule has 2 fully saturated rings. The van der Waals surface area contributed by atoms with Crippen LogP contribution in [0, 0.1) is 0 Å². The number of benzene rings is 1. The summed E-state index contributed by atoms with van der Waals surface area (Å²) in [6.07, 6.45) is -0.429. The molecule has 1 aromatic carbocycles. The van der Waals surface area contributed by atoms with Gasteiger partial charge in [-0.1, -0.05) is 30.3 Å². The third-order valence-corrected chi connectivity index (χ3v) is 3.79. The summed E-state index contributed by atoms with van der Waals surface area (Å²) in [6, 6.07) is 9.86. The topological polar surface area (TPSA) is 49.8 Å². The highest BCUT2D eigenvalue weighted by atomic mass is 16.5. The van der Waals surface area contributed by atoms with Gasteiger partial charge < -0.3 is 14.7 Å². The van der Waals surface area contributed by atoms with Crippen LogP contribution in [0.4, 0.5) is 0 Å². The molecule has 96 valence electrons. The second-order valence-electron chi connectivity index (χ2n) is 5.11. The Hall–Kier alpha value is -1.39. The van der Waals surface area contributed by atoms with Crippen LogP contribution in [0.2, 0.25) is 0 Å². The lowest BCUT2D eigenvalue weighted by Gasteiger charge is -2.22. The van der Waals surface area contributed by atoms with E-state index in [0.29, 0.717) is 6.54 Å². The van der Waals surface area contributed by atoms with Crippen LogP contribution in [-0.2, 0) is 16.1 Å². The van der Waals surface area contributed by atoms with Gasteiger partial charge in [0.2, 0.25) is 0 Å². The summed E-state index contributed by atoms with van der Waals surface area (Å²) >= 11 is 0. The fraction of sp³-hybridized carbons (Fsp3) is 0.500. The van der Waals surface area contributed by atoms with E-state index in [2.05, 4.69) is 0 Å². The second-order valence-corrected chi connectivity index (χ2v) is 5.11. The van der Waals surface area contributed by atoms with Crippen LogP contribution in [-0.4, -0.2) is 40.3 Å². The summed E-state index contributed by atoms with van der Waals surface area (Å²) in [5, 5.41) is 9.92. The van der Waals surface area contributed by atoms with Crippen molar-refractivity contribution in [2.75, 3.05) is 0 Å². The molecule has 0 saturated carbocycles. The largest absolute Gasteiger partial charge is 0.380 e. The molecular formula is C14H17NO3. The van der Waals surface area contributed by atoms with E-state index in [1.165, 1.54) is 0 Å². The number of aliphatic hydroxyl groups excluding tert-OH is 1. The van der Waals surface area contributed by atoms with Gasteiger partial charge in [0.1, 0.15) is 6.10 Å². The summed E-state index contributed by atoms with van der Waals surface area (Å²) < 4.78 is 5.62. The molecule has 4 atom stereocenters. The minimum Gasteiger partial charge on any atom is -0.380 e. The van der Waals surface area contributed by atoms with Crippen molar-refractivity contribution in [3.05, 3.63) is 35.9 Å². The number of hydrogen-bond acceptors (Lipinski definition) is 3. The average Bonchev–Trinajstić information content (AvgIpc) is 2.85. The first kappa shape index (κ1) is 11.7. The molecule has 2 saturated heterocycles. The molecule has 0 radical (unpaired) electrons. The maximum Gasteiger partial charge on any atom is 0.254 e. The van der Waals surface area contributed by atoms with E-state index in [9.17, 15) is 9.90 Å². The Morgan fingerprint density at radius 1 is 1.39 bits per heavy atom. The van der Waals surface area contributed by atoms with Crippen molar-refractivity contribution in [2.24, 2.45) is 0 Å². The average molecular weight is 247 g/mol. The lowest BCUT2D eigenvalue weighted by Crippen LogP contribution is -2.34. The lowest BCUT2D eigenvalue weighted by molar-refractivity contribution is -0.138. The first-order valence-corrected chi connectivity index (χ1v) is 6.35. The maximum atomic E-state index is 12.0. The van der Waals surface area contributed by atoms with Crippen molar-refractivity contribution in [2.45, 2.75) is 44.2 Å². The van der Waals surface area contributed by atoms with Gasteiger partial charge in [0.05, 0.1) is 12.1 Å². The van der Waals surface area contributed by atoms with Crippen LogP contribution in [0.25, 0.3) is 0 Å². The molecule has 2 aliphatic heterocycles. The highest BCUT2D eigenvalue weighted by Gasteiger charge is 2.52. The number of hydrogen-bond donors (Lipinski definition) is 1. The van der Waals surface area contributed by atoms with E-state index >= 15 is 0 Å². The number of fused-ring (bicyclic) bond motifs is 1. The van der Waals surface area contributed by atoms with Crippen molar-refractivity contribution in [3.63, 3.8) is 0 Å². The number of carbonyl (C=O) groups is 1. The van der Waals surface area contributed by atoms with Crippen molar-refractivity contribution >= 4 is 5.91 Å². The van der Waals surface area contributed by atoms with E-state index < -0.39 is 6.10 Å². The van der Waals surface area contributed by atoms with E-state index in [1.54, 1.807) is 4.90 Å². The van der Waals surface area contributed by atoms with Crippen LogP contribution in [0.15, 0.2) is 30.3 Å². The fourth-order valence-electron chi connectivity index (χ4n) is 2.93. The molecule has 0 bridgehead atoms. The van der Waals surface area contributed by atoms with Gasteiger partial charge in [0, 0.05) is 6.54 Å². The first-order chi connectivity index (χ1) is 8.66. The summed E-state index contributed by atoms with van der Waals surface area (Å²) in [6.45, 7) is 2.53. The Morgan fingerprint density at radius 3 is 2.83 bits per heavy atom. The van der Waals surface area contributed by atoms with Crippen LogP contribution in [0.5, 0.6) is 0 Å². The van der Waals surface area contributed by atoms with Crippen molar-refractivity contribution < 1.29 is 14.6 Å². The molecule has 0 aliphatic carbocycles. The molecule has 4 unspecified atom stereocenters. The Kier molecular flexibility index (Phi) is 2.84. The van der Waals surface area contributed by atoms with Crippen molar-refractivity contribution in [1.29, 1.82) is 0 Å². The van der Waals surface area contributed by atoms with Gasteiger partial charge >= 0.3 is 0 Å². The Balaban J connectivity index is 1.81. The molecule has 4 heteroatoms. The smallest absolute Gasteiger partial charge is 0.254 e. The molecule has 4 nitrogen and oxygen atoms in total. The number of aliphatic hydroxyl groups is 1. The molecule has 18 heavy (non-hydrogen) atoms. The van der Waals surface area contributed by atoms with Gasteiger partial charge in [-0.25, -0.2) is 0 Å². The minimum atomic E-state index is -0.997. The van der Waals surface area contributed by atoms with Crippen molar-refractivity contribution in [3.8, 4) is 0 Å². The normalized spacial score (nSPS) is 35.0. The van der Waals surface area contributed by atoms with Gasteiger partial charge in [-0.15, -0.1) is 0 Å². The second kappa shape index (κ2) is 4.37. The molecule has 3 rings (SSSR count). The standard InChI is InChI=1S/C14H17NO3/c1-9-7-11-13(18-9)12(16)14(17)15(11)8-10-5-3-2-4-6-10/h2-6,9,11-13,16H,7-8H2,1H3. The quantitative estimate of drug-likeness (QED) is 0.846. The number of amides is 1. The van der Waals surface area contributed by atoms with Gasteiger partial charge in [-0.05, 0) is 18.9 Å². The van der Waals surface area contributed by atoms with E-state index in [1.807, 2.05) is 37.3 Å². The fourth-order valence-corrected chi connectivity index (χ4v) is 2.93. The molecule has 2 heterocycles. The number of ether oxygens (including phenoxy) is 1. The van der Waals surface area contributed by atoms with Gasteiger partial charge in [-0.2, -0.15) is 0 Å². The number of rotatable bonds is 2. The monoisotopic (exact) mass is 247 g/mol. The molecule has 2 aliphatic rings. The highest BCUT2D eigenvalue weighted by Crippen LogP contribution is 2.34. The Bertz CT molecular complexity index is 448. The molecule has 1 aromatic rings. The predicted molar refractivity (Wildman–Crippen MR) is 65.7 cm³/mol. The lowest BCUT2D eigenvalue weighted by atomic mass is 10.1. The molecule has 1 N–H and O–H groups in total. The molecule has 1 amide bonds. The Morgan fingerprint density at radius 2 is 2.11 bits per heavy atom. The molecule has 0 aromatic heterocycles. The maximum absolute atomic E-state index is 12.0.